The van der Waals surface area contributed by atoms with Crippen LogP contribution in [0.25, 0.3) is 0 Å². The van der Waals surface area contributed by atoms with E-state index in [1.807, 2.05) is 0 Å². The molecule has 0 heterocycles. The first-order chi connectivity index (χ1) is 3.41. The lowest BCUT2D eigenvalue weighted by molar-refractivity contribution is 0.399. The summed E-state index contributed by atoms with van der Waals surface area (Å²) in [6.45, 7) is 4.40. The Labute approximate surface area is 47.9 Å². The van der Waals surface area contributed by atoms with Gasteiger partial charge >= 0.3 is 0 Å². The van der Waals surface area contributed by atoms with E-state index in [0.717, 1.165) is 7.11 Å². The average Bonchev–Trinajstić information content (AvgIpc) is 1.75. The molecule has 0 saturated carbocycles. The van der Waals surface area contributed by atoms with Crippen LogP contribution in [0.2, 0.25) is 0 Å². The Morgan fingerprint density at radius 1 is 1.14 bits per heavy atom. The summed E-state index contributed by atoms with van der Waals surface area (Å²) in [7, 11) is 2.58. The lowest BCUT2D eigenvalue weighted by atomic mass is 11.0. The first-order valence-corrected chi connectivity index (χ1v) is 3.76. The van der Waals surface area contributed by atoms with Gasteiger partial charge in [-0.05, 0) is 12.3 Å². The van der Waals surface area contributed by atoms with Crippen LogP contribution in [0.5, 0.6) is 0 Å². The quantitative estimate of drug-likeness (QED) is 0.550. The van der Waals surface area contributed by atoms with Crippen molar-refractivity contribution in [1.82, 2.24) is 0 Å². The molecule has 0 atom stereocenters. The molecule has 45 valence electrons. The van der Waals surface area contributed by atoms with Crippen LogP contribution in [0.1, 0.15) is 13.8 Å². The zero-order valence-corrected chi connectivity index (χ0v) is 6.20. The second-order valence-electron chi connectivity index (χ2n) is 0.856. The van der Waals surface area contributed by atoms with Gasteiger partial charge in [-0.15, -0.1) is 0 Å². The van der Waals surface area contributed by atoms with E-state index in [1.54, 1.807) is 8.58 Å². The molecule has 0 aliphatic heterocycles. The molecule has 0 amide bonds. The van der Waals surface area contributed by atoms with Crippen LogP contribution in [0.3, 0.4) is 0 Å². The molecule has 7 heavy (non-hydrogen) atoms. The van der Waals surface area contributed by atoms with Gasteiger partial charge in [0.1, 0.15) is 0 Å². The molecule has 0 aromatic carbocycles. The SMILES string of the molecule is CC[P]CC.CO. The summed E-state index contributed by atoms with van der Waals surface area (Å²) in [6, 6.07) is 0. The van der Waals surface area contributed by atoms with E-state index in [-0.39, 0.29) is 0 Å². The molecule has 0 aliphatic carbocycles. The lowest BCUT2D eigenvalue weighted by Gasteiger charge is -1.78. The minimum atomic E-state index is 1.00. The predicted octanol–water partition coefficient (Wildman–Crippen LogP) is 1.58. The predicted molar refractivity (Wildman–Crippen MR) is 36.1 cm³/mol. The highest BCUT2D eigenvalue weighted by molar-refractivity contribution is 7.37. The van der Waals surface area contributed by atoms with Gasteiger partial charge in [0.15, 0.2) is 0 Å². The molecule has 0 rings (SSSR count). The molecule has 2 heteroatoms. The largest absolute Gasteiger partial charge is 0.400 e. The van der Waals surface area contributed by atoms with Crippen molar-refractivity contribution in [2.45, 2.75) is 13.8 Å². The fraction of sp³-hybridized carbons (Fsp3) is 1.00. The Balaban J connectivity index is 0. The fourth-order valence-electron chi connectivity index (χ4n) is 0.224. The van der Waals surface area contributed by atoms with Crippen LogP contribution in [-0.4, -0.2) is 24.5 Å². The van der Waals surface area contributed by atoms with E-state index >= 15 is 0 Å². The van der Waals surface area contributed by atoms with E-state index in [0.29, 0.717) is 0 Å². The van der Waals surface area contributed by atoms with Crippen LogP contribution < -0.4 is 0 Å². The molecule has 0 spiro atoms. The van der Waals surface area contributed by atoms with Crippen molar-refractivity contribution in [2.75, 3.05) is 19.4 Å². The minimum Gasteiger partial charge on any atom is -0.400 e. The summed E-state index contributed by atoms with van der Waals surface area (Å²) in [4.78, 5) is 0. The number of hydrogen-bond acceptors (Lipinski definition) is 1. The van der Waals surface area contributed by atoms with Crippen molar-refractivity contribution in [3.63, 3.8) is 0 Å². The monoisotopic (exact) mass is 121 g/mol. The van der Waals surface area contributed by atoms with Gasteiger partial charge in [0.05, 0.1) is 0 Å². The maximum Gasteiger partial charge on any atom is 0.0319 e. The molecule has 0 saturated heterocycles. The summed E-state index contributed by atoms with van der Waals surface area (Å²) in [5.41, 5.74) is 0. The number of aliphatic hydroxyl groups is 1. The van der Waals surface area contributed by atoms with E-state index in [9.17, 15) is 0 Å². The van der Waals surface area contributed by atoms with Gasteiger partial charge in [0.25, 0.3) is 0 Å². The Bertz CT molecular complexity index is 15.6. The van der Waals surface area contributed by atoms with Gasteiger partial charge in [-0.1, -0.05) is 22.4 Å². The van der Waals surface area contributed by atoms with Crippen molar-refractivity contribution in [1.29, 1.82) is 0 Å². The summed E-state index contributed by atoms with van der Waals surface area (Å²) < 4.78 is 0. The van der Waals surface area contributed by atoms with Crippen molar-refractivity contribution < 1.29 is 5.11 Å². The summed E-state index contributed by atoms with van der Waals surface area (Å²) in [5, 5.41) is 7.00. The molecule has 0 aromatic rings. The molecule has 0 aliphatic rings. The van der Waals surface area contributed by atoms with Gasteiger partial charge in [0, 0.05) is 7.11 Å². The van der Waals surface area contributed by atoms with Gasteiger partial charge < -0.3 is 5.11 Å². The standard InChI is InChI=1S/C4H10P.CH4O/c1-3-5-4-2;1-2/h3-4H2,1-2H3;2H,1H3. The Morgan fingerprint density at radius 3 is 1.43 bits per heavy atom. The molecule has 0 fully saturated rings. The molecule has 1 N–H and O–H groups in total. The van der Waals surface area contributed by atoms with Crippen molar-refractivity contribution in [3.8, 4) is 0 Å². The topological polar surface area (TPSA) is 20.2 Å². The van der Waals surface area contributed by atoms with Gasteiger partial charge in [-0.3, -0.25) is 0 Å². The first kappa shape index (κ1) is 10.4. The van der Waals surface area contributed by atoms with Crippen LogP contribution in [0.4, 0.5) is 0 Å². The smallest absolute Gasteiger partial charge is 0.0319 e. The van der Waals surface area contributed by atoms with Crippen LogP contribution in [0, 0.1) is 0 Å². The highest BCUT2D eigenvalue weighted by atomic mass is 31.1. The number of rotatable bonds is 2. The Morgan fingerprint density at radius 2 is 1.43 bits per heavy atom. The van der Waals surface area contributed by atoms with E-state index in [4.69, 9.17) is 5.11 Å². The Kier molecular flexibility index (Phi) is 24.0. The van der Waals surface area contributed by atoms with Crippen LogP contribution in [-0.2, 0) is 0 Å². The van der Waals surface area contributed by atoms with Crippen LogP contribution in [0.15, 0.2) is 0 Å². The molecule has 0 bridgehead atoms. The van der Waals surface area contributed by atoms with Crippen molar-refractivity contribution in [3.05, 3.63) is 0 Å². The summed E-state index contributed by atoms with van der Waals surface area (Å²) >= 11 is 0. The molecule has 1 radical (unpaired) electrons. The Hall–Kier alpha value is 0.390. The van der Waals surface area contributed by atoms with Crippen molar-refractivity contribution >= 4 is 8.58 Å². The molecular formula is C5H14OP. The highest BCUT2D eigenvalue weighted by Gasteiger charge is 1.68. The maximum atomic E-state index is 7.00. The summed E-state index contributed by atoms with van der Waals surface area (Å²) in [5.74, 6) is 0. The third kappa shape index (κ3) is 21.6. The van der Waals surface area contributed by atoms with E-state index < -0.39 is 0 Å². The molecule has 0 unspecified atom stereocenters. The molecular weight excluding hydrogens is 107 g/mol. The third-order valence-electron chi connectivity index (χ3n) is 0.447. The van der Waals surface area contributed by atoms with Gasteiger partial charge in [-0.2, -0.15) is 0 Å². The first-order valence-electron chi connectivity index (χ1n) is 2.49. The molecule has 1 nitrogen and oxygen atoms in total. The second-order valence-corrected chi connectivity index (χ2v) is 2.57. The highest BCUT2D eigenvalue weighted by Crippen LogP contribution is 2.03. The van der Waals surface area contributed by atoms with Gasteiger partial charge in [0.2, 0.25) is 0 Å². The molecule has 0 aromatic heterocycles. The fourth-order valence-corrected chi connectivity index (χ4v) is 0.671. The normalized spacial score (nSPS) is 6.86. The zero-order chi connectivity index (χ0) is 6.12. The maximum absolute atomic E-state index is 7.00. The number of hydrogen-bond donors (Lipinski definition) is 1. The minimum absolute atomic E-state index is 1.00. The zero-order valence-electron chi connectivity index (χ0n) is 5.31. The van der Waals surface area contributed by atoms with Gasteiger partial charge in [-0.25, -0.2) is 0 Å². The summed E-state index contributed by atoms with van der Waals surface area (Å²) in [6.07, 6.45) is 2.63. The van der Waals surface area contributed by atoms with E-state index in [2.05, 4.69) is 13.8 Å². The average molecular weight is 121 g/mol. The van der Waals surface area contributed by atoms with Crippen LogP contribution >= 0.6 is 8.58 Å². The van der Waals surface area contributed by atoms with E-state index in [1.165, 1.54) is 12.3 Å². The third-order valence-corrected chi connectivity index (χ3v) is 1.34. The number of aliphatic hydroxyl groups excluding tert-OH is 1. The lowest BCUT2D eigenvalue weighted by Crippen LogP contribution is -1.59. The second kappa shape index (κ2) is 16.2. The van der Waals surface area contributed by atoms with Crippen molar-refractivity contribution in [2.24, 2.45) is 0 Å².